The Morgan fingerprint density at radius 3 is 2.75 bits per heavy atom. The van der Waals surface area contributed by atoms with E-state index in [1.807, 2.05) is 0 Å². The second-order valence-electron chi connectivity index (χ2n) is 4.71. The molecule has 5 heteroatoms. The summed E-state index contributed by atoms with van der Waals surface area (Å²) in [5, 5.41) is 3.86. The van der Waals surface area contributed by atoms with Crippen molar-refractivity contribution in [3.63, 3.8) is 0 Å². The first-order valence-corrected chi connectivity index (χ1v) is 5.01. The molecule has 5 nitrogen and oxygen atoms in total. The van der Waals surface area contributed by atoms with Gasteiger partial charge in [-0.15, -0.1) is 0 Å². The van der Waals surface area contributed by atoms with Crippen molar-refractivity contribution in [2.24, 2.45) is 5.41 Å². The van der Waals surface area contributed by atoms with Crippen molar-refractivity contribution in [2.75, 3.05) is 0 Å². The highest BCUT2D eigenvalue weighted by atomic mass is 16.2. The van der Waals surface area contributed by atoms with Crippen molar-refractivity contribution in [2.45, 2.75) is 20.8 Å². The highest BCUT2D eigenvalue weighted by Gasteiger charge is 2.26. The normalized spacial score (nSPS) is 11.9. The highest BCUT2D eigenvalue weighted by molar-refractivity contribution is 5.99. The van der Waals surface area contributed by atoms with Crippen LogP contribution in [0.3, 0.4) is 0 Å². The Morgan fingerprint density at radius 2 is 2.12 bits per heavy atom. The van der Waals surface area contributed by atoms with Crippen LogP contribution in [0.25, 0.3) is 5.65 Å². The van der Waals surface area contributed by atoms with Gasteiger partial charge in [-0.2, -0.15) is 9.61 Å². The fourth-order valence-corrected chi connectivity index (χ4v) is 1.46. The lowest BCUT2D eigenvalue weighted by Crippen LogP contribution is -2.30. The minimum atomic E-state index is -0.576. The number of hydrogen-bond donors (Lipinski definition) is 1. The molecule has 0 aliphatic rings. The van der Waals surface area contributed by atoms with Gasteiger partial charge in [0.25, 0.3) is 5.56 Å². The monoisotopic (exact) mass is 219 g/mol. The van der Waals surface area contributed by atoms with E-state index in [2.05, 4.69) is 10.1 Å². The molecular weight excluding hydrogens is 206 g/mol. The van der Waals surface area contributed by atoms with Crippen LogP contribution >= 0.6 is 0 Å². The second kappa shape index (κ2) is 3.30. The predicted molar refractivity (Wildman–Crippen MR) is 59.6 cm³/mol. The van der Waals surface area contributed by atoms with Crippen LogP contribution in [0.5, 0.6) is 0 Å². The van der Waals surface area contributed by atoms with Gasteiger partial charge in [-0.3, -0.25) is 9.59 Å². The van der Waals surface area contributed by atoms with E-state index in [1.54, 1.807) is 26.8 Å². The van der Waals surface area contributed by atoms with Crippen LogP contribution in [-0.4, -0.2) is 20.4 Å². The third-order valence-electron chi connectivity index (χ3n) is 2.36. The van der Waals surface area contributed by atoms with E-state index in [4.69, 9.17) is 0 Å². The van der Waals surface area contributed by atoms with Crippen LogP contribution in [0.15, 0.2) is 23.3 Å². The smallest absolute Gasteiger partial charge is 0.285 e. The summed E-state index contributed by atoms with van der Waals surface area (Å²) < 4.78 is 1.19. The minimum absolute atomic E-state index is 0.142. The number of Topliss-reactive ketones (excluding diaryl/α,β-unsaturated/α-hetero) is 1. The van der Waals surface area contributed by atoms with Crippen LogP contribution in [0.2, 0.25) is 0 Å². The van der Waals surface area contributed by atoms with Crippen LogP contribution in [0.1, 0.15) is 31.1 Å². The van der Waals surface area contributed by atoms with Gasteiger partial charge < -0.3 is 4.98 Å². The molecule has 2 rings (SSSR count). The maximum atomic E-state index is 12.0. The largest absolute Gasteiger partial charge is 0.346 e. The van der Waals surface area contributed by atoms with Gasteiger partial charge in [-0.05, 0) is 0 Å². The summed E-state index contributed by atoms with van der Waals surface area (Å²) in [6.45, 7) is 5.34. The molecule has 0 fully saturated rings. The molecule has 84 valence electrons. The minimum Gasteiger partial charge on any atom is -0.346 e. The van der Waals surface area contributed by atoms with Gasteiger partial charge in [-0.1, -0.05) is 20.8 Å². The lowest BCUT2D eigenvalue weighted by molar-refractivity contribution is 0.0856. The quantitative estimate of drug-likeness (QED) is 0.734. The molecule has 0 aliphatic carbocycles. The molecule has 1 N–H and O–H groups in total. The molecule has 2 heterocycles. The van der Waals surface area contributed by atoms with Gasteiger partial charge in [0.15, 0.2) is 5.78 Å². The molecule has 0 unspecified atom stereocenters. The highest BCUT2D eigenvalue weighted by Crippen LogP contribution is 2.18. The molecule has 0 saturated carbocycles. The Balaban J connectivity index is 2.67. The van der Waals surface area contributed by atoms with Gasteiger partial charge >= 0.3 is 0 Å². The Hall–Kier alpha value is -1.91. The molecular formula is C11H13N3O2. The number of aromatic nitrogens is 3. The fourth-order valence-electron chi connectivity index (χ4n) is 1.46. The van der Waals surface area contributed by atoms with Crippen LogP contribution < -0.4 is 5.56 Å². The standard InChI is InChI=1S/C11H13N3O2/c1-11(2,3)9(15)7-6-12-8-4-5-13-14(8)10(7)16/h4-6,12H,1-3H3. The van der Waals surface area contributed by atoms with Crippen LogP contribution in [-0.2, 0) is 0 Å². The molecule has 0 amide bonds. The Bertz CT molecular complexity index is 601. The number of H-pyrrole nitrogens is 1. The number of hydrogen-bond acceptors (Lipinski definition) is 3. The zero-order valence-electron chi connectivity index (χ0n) is 9.44. The van der Waals surface area contributed by atoms with E-state index in [0.717, 1.165) is 0 Å². The van der Waals surface area contributed by atoms with E-state index < -0.39 is 5.41 Å². The van der Waals surface area contributed by atoms with Crippen LogP contribution in [0.4, 0.5) is 0 Å². The lowest BCUT2D eigenvalue weighted by Gasteiger charge is -2.15. The Kier molecular flexibility index (Phi) is 2.18. The summed E-state index contributed by atoms with van der Waals surface area (Å²) in [7, 11) is 0. The van der Waals surface area contributed by atoms with E-state index in [-0.39, 0.29) is 16.9 Å². The van der Waals surface area contributed by atoms with Gasteiger partial charge in [0.05, 0.1) is 6.20 Å². The Labute approximate surface area is 92.1 Å². The molecule has 0 atom stereocenters. The van der Waals surface area contributed by atoms with E-state index >= 15 is 0 Å². The van der Waals surface area contributed by atoms with Gasteiger partial charge in [-0.25, -0.2) is 0 Å². The Morgan fingerprint density at radius 1 is 1.44 bits per heavy atom. The summed E-state index contributed by atoms with van der Waals surface area (Å²) in [6.07, 6.45) is 2.96. The first kappa shape index (κ1) is 10.6. The van der Waals surface area contributed by atoms with Gasteiger partial charge in [0.1, 0.15) is 11.2 Å². The van der Waals surface area contributed by atoms with Crippen molar-refractivity contribution < 1.29 is 4.79 Å². The number of aromatic amines is 1. The summed E-state index contributed by atoms with van der Waals surface area (Å²) >= 11 is 0. The molecule has 2 aromatic heterocycles. The summed E-state index contributed by atoms with van der Waals surface area (Å²) in [5.74, 6) is -0.189. The third-order valence-corrected chi connectivity index (χ3v) is 2.36. The zero-order chi connectivity index (χ0) is 11.9. The molecule has 0 spiro atoms. The summed E-state index contributed by atoms with van der Waals surface area (Å²) in [6, 6.07) is 1.67. The molecule has 0 bridgehead atoms. The average Bonchev–Trinajstić information content (AvgIpc) is 2.64. The molecule has 0 radical (unpaired) electrons. The van der Waals surface area contributed by atoms with Crippen molar-refractivity contribution in [1.29, 1.82) is 0 Å². The van der Waals surface area contributed by atoms with E-state index in [1.165, 1.54) is 16.9 Å². The molecule has 2 aromatic rings. The van der Waals surface area contributed by atoms with Crippen molar-refractivity contribution in [3.05, 3.63) is 34.4 Å². The van der Waals surface area contributed by atoms with E-state index in [0.29, 0.717) is 5.65 Å². The third kappa shape index (κ3) is 1.54. The van der Waals surface area contributed by atoms with Gasteiger partial charge in [0.2, 0.25) is 0 Å². The van der Waals surface area contributed by atoms with Crippen molar-refractivity contribution in [1.82, 2.24) is 14.6 Å². The van der Waals surface area contributed by atoms with Gasteiger partial charge in [0, 0.05) is 17.7 Å². The fraction of sp³-hybridized carbons (Fsp3) is 0.364. The first-order chi connectivity index (χ1) is 7.41. The maximum absolute atomic E-state index is 12.0. The van der Waals surface area contributed by atoms with Crippen molar-refractivity contribution in [3.8, 4) is 0 Å². The number of carbonyl (C=O) groups excluding carboxylic acids is 1. The van der Waals surface area contributed by atoms with E-state index in [9.17, 15) is 9.59 Å². The number of ketones is 1. The SMILES string of the molecule is CC(C)(C)C(=O)c1c[nH]c2ccnn2c1=O. The summed E-state index contributed by atoms with van der Waals surface area (Å²) in [4.78, 5) is 26.8. The lowest BCUT2D eigenvalue weighted by atomic mass is 9.87. The topological polar surface area (TPSA) is 67.2 Å². The second-order valence-corrected chi connectivity index (χ2v) is 4.71. The molecule has 16 heavy (non-hydrogen) atoms. The first-order valence-electron chi connectivity index (χ1n) is 5.01. The van der Waals surface area contributed by atoms with Crippen molar-refractivity contribution >= 4 is 11.4 Å². The summed E-state index contributed by atoms with van der Waals surface area (Å²) in [5.41, 5.74) is -0.230. The maximum Gasteiger partial charge on any atom is 0.285 e. The number of rotatable bonds is 1. The molecule has 0 aliphatic heterocycles. The number of nitrogens with one attached hydrogen (secondary N) is 1. The van der Waals surface area contributed by atoms with Crippen LogP contribution in [0, 0.1) is 5.41 Å². The molecule has 0 aromatic carbocycles. The molecule has 0 saturated heterocycles. The number of nitrogens with zero attached hydrogens (tertiary/aromatic N) is 2. The number of carbonyl (C=O) groups is 1. The predicted octanol–water partition coefficient (Wildman–Crippen LogP) is 1.25. The number of fused-ring (bicyclic) bond motifs is 1. The average molecular weight is 219 g/mol. The zero-order valence-corrected chi connectivity index (χ0v) is 9.44.